The maximum absolute atomic E-state index is 12.8. The first-order valence-corrected chi connectivity index (χ1v) is 11.5. The van der Waals surface area contributed by atoms with Crippen molar-refractivity contribution < 1.29 is 27.8 Å². The van der Waals surface area contributed by atoms with Gasteiger partial charge in [-0.05, 0) is 62.2 Å². The zero-order valence-electron chi connectivity index (χ0n) is 19.3. The number of aryl methyl sites for hydroxylation is 2. The van der Waals surface area contributed by atoms with Crippen molar-refractivity contribution in [2.45, 2.75) is 37.4 Å². The second-order valence-corrected chi connectivity index (χ2v) is 8.71. The molecule has 0 radical (unpaired) electrons. The summed E-state index contributed by atoms with van der Waals surface area (Å²) in [6.07, 6.45) is -5.38. The number of aromatic carboxylic acids is 1. The molecule has 35 heavy (non-hydrogen) atoms. The summed E-state index contributed by atoms with van der Waals surface area (Å²) in [6.45, 7) is 3.63. The summed E-state index contributed by atoms with van der Waals surface area (Å²) in [5.74, 6) is -0.764. The Balaban J connectivity index is 1.89. The average Bonchev–Trinajstić information content (AvgIpc) is 2.80. The summed E-state index contributed by atoms with van der Waals surface area (Å²) in [4.78, 5) is 20.7. The fourth-order valence-electron chi connectivity index (χ4n) is 3.40. The Morgan fingerprint density at radius 2 is 1.80 bits per heavy atom. The number of alkyl halides is 3. The van der Waals surface area contributed by atoms with Gasteiger partial charge in [0, 0.05) is 22.6 Å². The lowest BCUT2D eigenvalue weighted by atomic mass is 10.00. The van der Waals surface area contributed by atoms with Crippen LogP contribution in [-0.4, -0.2) is 46.9 Å². The predicted molar refractivity (Wildman–Crippen MR) is 129 cm³/mol. The molecule has 0 saturated carbocycles. The molecule has 1 unspecified atom stereocenters. The minimum Gasteiger partial charge on any atom is -0.478 e. The molecule has 0 amide bonds. The molecule has 0 aliphatic heterocycles. The molecule has 3 N–H and O–H groups in total. The number of likely N-dealkylation sites (N-methyl/N-ethyl adjacent to an activating group) is 1. The molecule has 3 aromatic rings. The van der Waals surface area contributed by atoms with Crippen molar-refractivity contribution in [2.24, 2.45) is 0 Å². The summed E-state index contributed by atoms with van der Waals surface area (Å²) in [5, 5.41) is 11.8. The van der Waals surface area contributed by atoms with E-state index >= 15 is 0 Å². The Bertz CT molecular complexity index is 1170. The smallest absolute Gasteiger partial charge is 0.390 e. The maximum Gasteiger partial charge on any atom is 0.390 e. The van der Waals surface area contributed by atoms with Crippen LogP contribution < -0.4 is 14.8 Å². The third-order valence-corrected chi connectivity index (χ3v) is 5.87. The van der Waals surface area contributed by atoms with E-state index in [0.717, 1.165) is 28.6 Å². The van der Waals surface area contributed by atoms with Crippen molar-refractivity contribution in [3.63, 3.8) is 0 Å². The number of carboxylic acids is 1. The van der Waals surface area contributed by atoms with Gasteiger partial charge in [-0.15, -0.1) is 0 Å². The van der Waals surface area contributed by atoms with E-state index in [1.54, 1.807) is 18.2 Å². The molecule has 0 bridgehead atoms. The van der Waals surface area contributed by atoms with E-state index in [2.05, 4.69) is 20.0 Å². The standard InChI is InChI=1S/C24H25F3N4O3S/c1-14-6-4-7-15(2)21(14)19-11-20(34-13-17(28-3)12-24(25,26)27)30-23(29-19)31-35-18-9-5-8-16(10-18)22(32)33/h4-11,17,28H,12-13H2,1-3H3,(H,32,33)(H,29,30,31). The number of anilines is 1. The second kappa shape index (κ2) is 11.4. The molecule has 1 aromatic heterocycles. The van der Waals surface area contributed by atoms with Crippen LogP contribution in [0.4, 0.5) is 19.1 Å². The molecule has 3 rings (SSSR count). The van der Waals surface area contributed by atoms with E-state index in [-0.39, 0.29) is 24.0 Å². The van der Waals surface area contributed by atoms with Crippen LogP contribution in [0.25, 0.3) is 11.3 Å². The lowest BCUT2D eigenvalue weighted by molar-refractivity contribution is -0.141. The summed E-state index contributed by atoms with van der Waals surface area (Å²) >= 11 is 1.11. The van der Waals surface area contributed by atoms with Crippen LogP contribution >= 0.6 is 11.9 Å². The van der Waals surface area contributed by atoms with E-state index in [1.165, 1.54) is 19.2 Å². The number of nitrogens with zero attached hydrogens (tertiary/aromatic N) is 2. The molecular weight excluding hydrogens is 481 g/mol. The molecule has 0 aliphatic rings. The van der Waals surface area contributed by atoms with Gasteiger partial charge in [-0.25, -0.2) is 9.78 Å². The number of benzene rings is 2. The molecule has 1 atom stereocenters. The summed E-state index contributed by atoms with van der Waals surface area (Å²) in [7, 11) is 1.44. The summed E-state index contributed by atoms with van der Waals surface area (Å²) in [5.41, 5.74) is 3.47. The van der Waals surface area contributed by atoms with Gasteiger partial charge in [0.25, 0.3) is 0 Å². The van der Waals surface area contributed by atoms with Crippen LogP contribution in [0.3, 0.4) is 0 Å². The van der Waals surface area contributed by atoms with Gasteiger partial charge in [-0.3, -0.25) is 4.72 Å². The number of hydrogen-bond donors (Lipinski definition) is 3. The molecule has 7 nitrogen and oxygen atoms in total. The third kappa shape index (κ3) is 7.59. The third-order valence-electron chi connectivity index (χ3n) is 5.10. The van der Waals surface area contributed by atoms with Crippen molar-refractivity contribution >= 4 is 23.9 Å². The first-order valence-electron chi connectivity index (χ1n) is 10.6. The maximum atomic E-state index is 12.8. The highest BCUT2D eigenvalue weighted by atomic mass is 32.2. The first-order chi connectivity index (χ1) is 16.6. The van der Waals surface area contributed by atoms with Crippen molar-refractivity contribution in [1.82, 2.24) is 15.3 Å². The van der Waals surface area contributed by atoms with Crippen LogP contribution in [-0.2, 0) is 0 Å². The monoisotopic (exact) mass is 506 g/mol. The largest absolute Gasteiger partial charge is 0.478 e. The number of ether oxygens (including phenoxy) is 1. The van der Waals surface area contributed by atoms with E-state index in [4.69, 9.17) is 4.74 Å². The molecule has 2 aromatic carbocycles. The van der Waals surface area contributed by atoms with Crippen molar-refractivity contribution in [1.29, 1.82) is 0 Å². The Kier molecular flexibility index (Phi) is 8.57. The molecule has 186 valence electrons. The number of aromatic nitrogens is 2. The normalized spacial score (nSPS) is 12.3. The van der Waals surface area contributed by atoms with E-state index in [9.17, 15) is 23.1 Å². The molecule has 0 spiro atoms. The summed E-state index contributed by atoms with van der Waals surface area (Å²) < 4.78 is 47.1. The number of nitrogens with one attached hydrogen (secondary N) is 2. The van der Waals surface area contributed by atoms with Crippen molar-refractivity contribution in [3.05, 3.63) is 65.2 Å². The van der Waals surface area contributed by atoms with Gasteiger partial charge in [-0.2, -0.15) is 18.2 Å². The van der Waals surface area contributed by atoms with Crippen LogP contribution in [0.2, 0.25) is 0 Å². The van der Waals surface area contributed by atoms with Gasteiger partial charge in [0.2, 0.25) is 11.8 Å². The highest BCUT2D eigenvalue weighted by Gasteiger charge is 2.31. The number of carbonyl (C=O) groups is 1. The lowest BCUT2D eigenvalue weighted by Gasteiger charge is -2.19. The number of rotatable bonds is 10. The van der Waals surface area contributed by atoms with Gasteiger partial charge >= 0.3 is 12.1 Å². The topological polar surface area (TPSA) is 96.4 Å². The van der Waals surface area contributed by atoms with Crippen molar-refractivity contribution in [2.75, 3.05) is 18.4 Å². The number of hydrogen-bond acceptors (Lipinski definition) is 7. The van der Waals surface area contributed by atoms with Gasteiger partial charge in [-0.1, -0.05) is 24.3 Å². The average molecular weight is 507 g/mol. The molecule has 11 heteroatoms. The molecule has 1 heterocycles. The Labute approximate surface area is 205 Å². The van der Waals surface area contributed by atoms with Crippen LogP contribution in [0.15, 0.2) is 53.4 Å². The Morgan fingerprint density at radius 1 is 1.11 bits per heavy atom. The zero-order chi connectivity index (χ0) is 25.6. The first kappa shape index (κ1) is 26.3. The molecule has 0 aliphatic carbocycles. The van der Waals surface area contributed by atoms with Gasteiger partial charge < -0.3 is 15.2 Å². The second-order valence-electron chi connectivity index (χ2n) is 7.83. The van der Waals surface area contributed by atoms with Crippen LogP contribution in [0.5, 0.6) is 5.88 Å². The Hall–Kier alpha value is -3.31. The minimum absolute atomic E-state index is 0.113. The van der Waals surface area contributed by atoms with E-state index in [1.807, 2.05) is 32.0 Å². The van der Waals surface area contributed by atoms with Gasteiger partial charge in [0.15, 0.2) is 0 Å². The van der Waals surface area contributed by atoms with Gasteiger partial charge in [0.05, 0.1) is 17.7 Å². The van der Waals surface area contributed by atoms with Crippen molar-refractivity contribution in [3.8, 4) is 17.1 Å². The lowest BCUT2D eigenvalue weighted by Crippen LogP contribution is -2.36. The summed E-state index contributed by atoms with van der Waals surface area (Å²) in [6, 6.07) is 12.8. The molecule has 0 saturated heterocycles. The SMILES string of the molecule is CNC(COc1cc(-c2c(C)cccc2C)nc(NSc2cccc(C(=O)O)c2)n1)CC(F)(F)F. The fourth-order valence-corrected chi connectivity index (χ4v) is 4.03. The minimum atomic E-state index is -4.33. The number of carboxylic acid groups (broad SMARTS) is 1. The zero-order valence-corrected chi connectivity index (χ0v) is 20.1. The predicted octanol–water partition coefficient (Wildman–Crippen LogP) is 5.50. The van der Waals surface area contributed by atoms with E-state index < -0.39 is 24.6 Å². The highest BCUT2D eigenvalue weighted by molar-refractivity contribution is 8.00. The highest BCUT2D eigenvalue weighted by Crippen LogP contribution is 2.30. The van der Waals surface area contributed by atoms with Crippen LogP contribution in [0.1, 0.15) is 27.9 Å². The molecule has 0 fully saturated rings. The number of halogens is 3. The van der Waals surface area contributed by atoms with Crippen LogP contribution in [0, 0.1) is 13.8 Å². The quantitative estimate of drug-likeness (QED) is 0.311. The fraction of sp³-hybridized carbons (Fsp3) is 0.292. The van der Waals surface area contributed by atoms with E-state index in [0.29, 0.717) is 10.6 Å². The molecular formula is C24H25F3N4O3S. The Morgan fingerprint density at radius 3 is 2.43 bits per heavy atom. The van der Waals surface area contributed by atoms with Gasteiger partial charge in [0.1, 0.15) is 6.61 Å².